The lowest BCUT2D eigenvalue weighted by molar-refractivity contribution is -0.00225. The van der Waals surface area contributed by atoms with Crippen LogP contribution in [0.25, 0.3) is 0 Å². The van der Waals surface area contributed by atoms with Crippen LogP contribution in [0.4, 0.5) is 9.59 Å². The number of hydrogen-bond donors (Lipinski definition) is 2. The van der Waals surface area contributed by atoms with Gasteiger partial charge in [-0.05, 0) is 47.6 Å². The average Bonchev–Trinajstić information content (AvgIpc) is 2.65. The van der Waals surface area contributed by atoms with Crippen molar-refractivity contribution in [3.8, 4) is 0 Å². The summed E-state index contributed by atoms with van der Waals surface area (Å²) in [6, 6.07) is 3.03. The molecule has 3 amide bonds. The second-order valence-corrected chi connectivity index (χ2v) is 9.12. The van der Waals surface area contributed by atoms with Crippen molar-refractivity contribution in [3.05, 3.63) is 33.8 Å². The first-order valence-electron chi connectivity index (χ1n) is 10.1. The number of nitrogens with one attached hydrogen (secondary N) is 1. The van der Waals surface area contributed by atoms with Gasteiger partial charge in [-0.1, -0.05) is 32.4 Å². The van der Waals surface area contributed by atoms with Crippen molar-refractivity contribution in [2.45, 2.75) is 46.2 Å². The lowest BCUT2D eigenvalue weighted by Gasteiger charge is -2.47. The monoisotopic (exact) mass is 423 g/mol. The molecular weight excluding hydrogens is 394 g/mol. The summed E-state index contributed by atoms with van der Waals surface area (Å²) in [5, 5.41) is 13.2. The Balaban J connectivity index is 2.17. The van der Waals surface area contributed by atoms with Crippen LogP contribution in [0.1, 0.15) is 56.5 Å². The van der Waals surface area contributed by atoms with Crippen molar-refractivity contribution < 1.29 is 19.4 Å². The van der Waals surface area contributed by atoms with E-state index in [1.807, 2.05) is 24.0 Å². The molecule has 2 heterocycles. The highest BCUT2D eigenvalue weighted by atomic mass is 35.5. The van der Waals surface area contributed by atoms with Crippen LogP contribution in [0, 0.1) is 5.41 Å². The van der Waals surface area contributed by atoms with E-state index in [9.17, 15) is 14.7 Å². The molecule has 0 aliphatic carbocycles. The number of carboxylic acid groups (broad SMARTS) is 1. The molecule has 1 fully saturated rings. The maximum Gasteiger partial charge on any atom is 0.407 e. The maximum atomic E-state index is 12.9. The van der Waals surface area contributed by atoms with Gasteiger partial charge >= 0.3 is 12.1 Å². The van der Waals surface area contributed by atoms with Gasteiger partial charge in [0.15, 0.2) is 0 Å². The van der Waals surface area contributed by atoms with Crippen molar-refractivity contribution in [2.24, 2.45) is 5.41 Å². The fourth-order valence-corrected chi connectivity index (χ4v) is 4.75. The molecule has 3 rings (SSSR count). The molecular formula is C21H30ClN3O4. The van der Waals surface area contributed by atoms with Crippen LogP contribution in [0.5, 0.6) is 0 Å². The molecule has 8 heteroatoms. The zero-order valence-corrected chi connectivity index (χ0v) is 18.3. The highest BCUT2D eigenvalue weighted by Crippen LogP contribution is 2.47. The number of rotatable bonds is 2. The fourth-order valence-electron chi connectivity index (χ4n) is 4.50. The Labute approximate surface area is 176 Å². The van der Waals surface area contributed by atoms with E-state index in [1.165, 1.54) is 4.90 Å². The SMILES string of the molecule is CCNC(=O)N1CCc2cc(Cl)cc([C@@H]3COCCN3C(=O)O)c2C1C(C)(C)C. The molecule has 160 valence electrons. The van der Waals surface area contributed by atoms with Crippen LogP contribution in [-0.2, 0) is 11.2 Å². The third kappa shape index (κ3) is 4.31. The Bertz CT molecular complexity index is 793. The zero-order chi connectivity index (χ0) is 21.3. The number of ether oxygens (including phenoxy) is 1. The highest BCUT2D eigenvalue weighted by molar-refractivity contribution is 6.30. The predicted octanol–water partition coefficient (Wildman–Crippen LogP) is 4.07. The van der Waals surface area contributed by atoms with Gasteiger partial charge in [0.2, 0.25) is 0 Å². The Morgan fingerprint density at radius 2 is 2.00 bits per heavy atom. The molecule has 0 spiro atoms. The summed E-state index contributed by atoms with van der Waals surface area (Å²) in [6.07, 6.45) is -0.302. The summed E-state index contributed by atoms with van der Waals surface area (Å²) >= 11 is 6.44. The van der Waals surface area contributed by atoms with Gasteiger partial charge in [0, 0.05) is 24.7 Å². The standard InChI is InChI=1S/C21H30ClN3O4/c1-5-23-19(26)25-7-6-13-10-14(22)11-15(17(13)18(25)21(2,3)4)16-12-29-9-8-24(16)20(27)28/h10-11,16,18H,5-9,12H2,1-4H3,(H,23,26)(H,27,28)/t16-,18?/m0/s1. The minimum Gasteiger partial charge on any atom is -0.465 e. The van der Waals surface area contributed by atoms with E-state index in [-0.39, 0.29) is 24.1 Å². The van der Waals surface area contributed by atoms with Gasteiger partial charge in [0.1, 0.15) is 0 Å². The molecule has 2 N–H and O–H groups in total. The van der Waals surface area contributed by atoms with Crippen LogP contribution in [-0.4, -0.2) is 59.9 Å². The summed E-state index contributed by atoms with van der Waals surface area (Å²) in [7, 11) is 0. The zero-order valence-electron chi connectivity index (χ0n) is 17.5. The Kier molecular flexibility index (Phi) is 6.29. The van der Waals surface area contributed by atoms with Crippen molar-refractivity contribution in [2.75, 3.05) is 32.8 Å². The smallest absolute Gasteiger partial charge is 0.407 e. The van der Waals surface area contributed by atoms with Crippen LogP contribution >= 0.6 is 11.6 Å². The third-order valence-corrected chi connectivity index (χ3v) is 5.83. The molecule has 0 bridgehead atoms. The van der Waals surface area contributed by atoms with Crippen LogP contribution in [0.3, 0.4) is 0 Å². The fraction of sp³-hybridized carbons (Fsp3) is 0.619. The first-order valence-corrected chi connectivity index (χ1v) is 10.5. The summed E-state index contributed by atoms with van der Waals surface area (Å²) in [6.45, 7) is 10.3. The van der Waals surface area contributed by atoms with E-state index >= 15 is 0 Å². The molecule has 0 radical (unpaired) electrons. The molecule has 1 unspecified atom stereocenters. The maximum absolute atomic E-state index is 12.9. The second-order valence-electron chi connectivity index (χ2n) is 8.68. The van der Waals surface area contributed by atoms with Crippen molar-refractivity contribution >= 4 is 23.7 Å². The number of fused-ring (bicyclic) bond motifs is 1. The largest absolute Gasteiger partial charge is 0.465 e. The van der Waals surface area contributed by atoms with E-state index in [2.05, 4.69) is 26.1 Å². The highest BCUT2D eigenvalue weighted by Gasteiger charge is 2.42. The van der Waals surface area contributed by atoms with Gasteiger partial charge in [0.25, 0.3) is 0 Å². The molecule has 1 saturated heterocycles. The van der Waals surface area contributed by atoms with Crippen LogP contribution in [0.15, 0.2) is 12.1 Å². The van der Waals surface area contributed by atoms with Crippen LogP contribution in [0.2, 0.25) is 5.02 Å². The minimum atomic E-state index is -0.976. The second kappa shape index (κ2) is 8.40. The molecule has 29 heavy (non-hydrogen) atoms. The molecule has 7 nitrogen and oxygen atoms in total. The number of hydrogen-bond acceptors (Lipinski definition) is 3. The summed E-state index contributed by atoms with van der Waals surface area (Å²) < 4.78 is 5.64. The molecule has 1 aromatic rings. The molecule has 2 aliphatic rings. The van der Waals surface area contributed by atoms with Gasteiger partial charge in [-0.15, -0.1) is 0 Å². The number of carbonyl (C=O) groups excluding carboxylic acids is 1. The first kappa shape index (κ1) is 21.7. The van der Waals surface area contributed by atoms with Gasteiger partial charge in [0.05, 0.1) is 25.3 Å². The molecule has 1 aromatic carbocycles. The lowest BCUT2D eigenvalue weighted by Crippen LogP contribution is -2.50. The molecule has 0 saturated carbocycles. The Morgan fingerprint density at radius 1 is 1.28 bits per heavy atom. The lowest BCUT2D eigenvalue weighted by atomic mass is 9.74. The molecule has 0 aromatic heterocycles. The van der Waals surface area contributed by atoms with E-state index in [4.69, 9.17) is 16.3 Å². The topological polar surface area (TPSA) is 82.1 Å². The number of morpholine rings is 1. The van der Waals surface area contributed by atoms with E-state index in [1.54, 1.807) is 0 Å². The first-order chi connectivity index (χ1) is 13.6. The number of carbonyl (C=O) groups is 2. The van der Waals surface area contributed by atoms with Crippen molar-refractivity contribution in [1.82, 2.24) is 15.1 Å². The summed E-state index contributed by atoms with van der Waals surface area (Å²) in [4.78, 5) is 28.0. The van der Waals surface area contributed by atoms with Gasteiger partial charge in [-0.25, -0.2) is 9.59 Å². The minimum absolute atomic E-state index is 0.103. The number of benzene rings is 1. The van der Waals surface area contributed by atoms with Gasteiger partial charge in [-0.3, -0.25) is 4.90 Å². The van der Waals surface area contributed by atoms with E-state index in [0.717, 1.165) is 16.7 Å². The van der Waals surface area contributed by atoms with E-state index in [0.29, 0.717) is 37.7 Å². The van der Waals surface area contributed by atoms with Gasteiger partial charge < -0.3 is 20.1 Å². The van der Waals surface area contributed by atoms with Gasteiger partial charge in [-0.2, -0.15) is 0 Å². The molecule has 2 aliphatic heterocycles. The third-order valence-electron chi connectivity index (χ3n) is 5.61. The van der Waals surface area contributed by atoms with Crippen molar-refractivity contribution in [3.63, 3.8) is 0 Å². The number of urea groups is 1. The average molecular weight is 424 g/mol. The normalized spacial score (nSPS) is 22.2. The Hall–Kier alpha value is -1.99. The summed E-state index contributed by atoms with van der Waals surface area (Å²) in [5.41, 5.74) is 2.65. The number of amides is 3. The van der Waals surface area contributed by atoms with E-state index < -0.39 is 12.1 Å². The van der Waals surface area contributed by atoms with Crippen LogP contribution < -0.4 is 5.32 Å². The number of halogens is 1. The van der Waals surface area contributed by atoms with Crippen molar-refractivity contribution in [1.29, 1.82) is 0 Å². The number of nitrogens with zero attached hydrogens (tertiary/aromatic N) is 2. The summed E-state index contributed by atoms with van der Waals surface area (Å²) in [5.74, 6) is 0. The quantitative estimate of drug-likeness (QED) is 0.751. The Morgan fingerprint density at radius 3 is 2.62 bits per heavy atom. The molecule has 2 atom stereocenters. The predicted molar refractivity (Wildman–Crippen MR) is 111 cm³/mol.